The van der Waals surface area contributed by atoms with E-state index in [0.29, 0.717) is 40.6 Å². The second-order valence-corrected chi connectivity index (χ2v) is 15.1. The van der Waals surface area contributed by atoms with Crippen LogP contribution in [-0.4, -0.2) is 22.9 Å². The molecule has 0 aromatic carbocycles. The highest BCUT2D eigenvalue weighted by Gasteiger charge is 2.68. The molecular formula is C30H50O2. The molecule has 2 nitrogen and oxygen atoms in total. The van der Waals surface area contributed by atoms with Crippen LogP contribution in [0.15, 0.2) is 11.6 Å². The molecule has 0 aromatic heterocycles. The van der Waals surface area contributed by atoms with Gasteiger partial charge in [0.05, 0.1) is 6.10 Å². The normalized spacial score (nSPS) is 53.8. The largest absolute Gasteiger partial charge is 0.396 e. The molecule has 5 aliphatic carbocycles. The molecule has 5 aliphatic rings. The summed E-state index contributed by atoms with van der Waals surface area (Å²) in [5, 5.41) is 21.5. The number of allylic oxidation sites excluding steroid dienone is 2. The third-order valence-electron chi connectivity index (χ3n) is 13.1. The maximum Gasteiger partial charge on any atom is 0.0594 e. The first-order chi connectivity index (χ1) is 14.8. The van der Waals surface area contributed by atoms with Gasteiger partial charge in [0.1, 0.15) is 0 Å². The predicted molar refractivity (Wildman–Crippen MR) is 132 cm³/mol. The van der Waals surface area contributed by atoms with Crippen molar-refractivity contribution in [2.24, 2.45) is 50.2 Å². The molecule has 0 saturated heterocycles. The SMILES string of the molecule is CC1(C)CC[C@]2(CO)CC[C@@]3(C)C(=CC[C@@H]4[C@]5(C)CC[C@@H](O)C(C)(C)[C@H]5CC[C@@]43C)[C@H]2C1. The van der Waals surface area contributed by atoms with Crippen molar-refractivity contribution in [2.45, 2.75) is 119 Å². The first-order valence-corrected chi connectivity index (χ1v) is 13.8. The lowest BCUT2D eigenvalue weighted by molar-refractivity contribution is -0.204. The van der Waals surface area contributed by atoms with Gasteiger partial charge in [-0.15, -0.1) is 0 Å². The van der Waals surface area contributed by atoms with Crippen molar-refractivity contribution in [2.75, 3.05) is 6.61 Å². The van der Waals surface area contributed by atoms with Crippen LogP contribution in [-0.2, 0) is 0 Å². The molecule has 0 aliphatic heterocycles. The zero-order valence-electron chi connectivity index (χ0n) is 22.1. The molecule has 4 fully saturated rings. The monoisotopic (exact) mass is 442 g/mol. The summed E-state index contributed by atoms with van der Waals surface area (Å²) in [5.74, 6) is 1.87. The number of aliphatic hydroxyl groups excluding tert-OH is 2. The van der Waals surface area contributed by atoms with Crippen molar-refractivity contribution >= 4 is 0 Å². The van der Waals surface area contributed by atoms with E-state index < -0.39 is 0 Å². The molecule has 0 radical (unpaired) electrons. The summed E-state index contributed by atoms with van der Waals surface area (Å²) < 4.78 is 0. The van der Waals surface area contributed by atoms with E-state index in [-0.39, 0.29) is 22.3 Å². The van der Waals surface area contributed by atoms with Crippen LogP contribution in [0.3, 0.4) is 0 Å². The third kappa shape index (κ3) is 2.78. The Bertz CT molecular complexity index is 810. The first kappa shape index (κ1) is 23.4. The minimum Gasteiger partial charge on any atom is -0.396 e. The molecule has 0 unspecified atom stereocenters. The minimum absolute atomic E-state index is 0.0191. The smallest absolute Gasteiger partial charge is 0.0594 e. The van der Waals surface area contributed by atoms with Gasteiger partial charge in [-0.2, -0.15) is 0 Å². The van der Waals surface area contributed by atoms with Crippen LogP contribution in [0.5, 0.6) is 0 Å². The third-order valence-corrected chi connectivity index (χ3v) is 13.1. The van der Waals surface area contributed by atoms with Gasteiger partial charge in [0, 0.05) is 12.0 Å². The summed E-state index contributed by atoms with van der Waals surface area (Å²) >= 11 is 0. The van der Waals surface area contributed by atoms with E-state index in [9.17, 15) is 10.2 Å². The maximum atomic E-state index is 10.9. The molecule has 8 atom stereocenters. The van der Waals surface area contributed by atoms with Gasteiger partial charge >= 0.3 is 0 Å². The van der Waals surface area contributed by atoms with E-state index in [2.05, 4.69) is 54.5 Å². The molecule has 0 spiro atoms. The van der Waals surface area contributed by atoms with Gasteiger partial charge in [-0.05, 0) is 109 Å². The van der Waals surface area contributed by atoms with Crippen LogP contribution >= 0.6 is 0 Å². The van der Waals surface area contributed by atoms with Crippen molar-refractivity contribution in [3.63, 3.8) is 0 Å². The predicted octanol–water partition coefficient (Wildman–Crippen LogP) is 7.14. The van der Waals surface area contributed by atoms with Crippen LogP contribution in [0.2, 0.25) is 0 Å². The Balaban J connectivity index is 1.58. The zero-order chi connectivity index (χ0) is 23.4. The van der Waals surface area contributed by atoms with Gasteiger partial charge in [0.15, 0.2) is 0 Å². The summed E-state index contributed by atoms with van der Waals surface area (Å²) in [6.45, 7) is 17.8. The van der Waals surface area contributed by atoms with E-state index >= 15 is 0 Å². The van der Waals surface area contributed by atoms with Crippen molar-refractivity contribution in [3.8, 4) is 0 Å². The lowest BCUT2D eigenvalue weighted by Crippen LogP contribution is -2.64. The summed E-state index contributed by atoms with van der Waals surface area (Å²) in [4.78, 5) is 0. The number of rotatable bonds is 1. The Morgan fingerprint density at radius 1 is 0.844 bits per heavy atom. The van der Waals surface area contributed by atoms with E-state index in [0.717, 1.165) is 6.42 Å². The second-order valence-electron chi connectivity index (χ2n) is 15.1. The quantitative estimate of drug-likeness (QED) is 0.424. The fourth-order valence-corrected chi connectivity index (χ4v) is 10.6. The summed E-state index contributed by atoms with van der Waals surface area (Å²) in [6, 6.07) is 0. The van der Waals surface area contributed by atoms with Crippen LogP contribution in [0.1, 0.15) is 113 Å². The average Bonchev–Trinajstić information content (AvgIpc) is 2.71. The summed E-state index contributed by atoms with van der Waals surface area (Å²) in [7, 11) is 0. The first-order valence-electron chi connectivity index (χ1n) is 13.8. The Kier molecular flexibility index (Phi) is 5.02. The zero-order valence-corrected chi connectivity index (χ0v) is 22.1. The molecule has 0 aromatic rings. The Morgan fingerprint density at radius 3 is 2.22 bits per heavy atom. The molecule has 0 amide bonds. The highest BCUT2D eigenvalue weighted by molar-refractivity contribution is 5.33. The standard InChI is InChI=1S/C30H50O2/c1-25(2)14-16-30(19-31)17-15-28(6)20(21(30)18-25)8-9-23-27(5)12-11-24(32)26(3,4)22(27)10-13-29(23,28)7/h8,21-24,31-32H,9-19H2,1-7H3/t21-,22-,23-,24-,27-,28+,29+,30-/m1/s1. The Hall–Kier alpha value is -0.340. The molecular weight excluding hydrogens is 392 g/mol. The highest BCUT2D eigenvalue weighted by Crippen LogP contribution is 2.75. The molecule has 32 heavy (non-hydrogen) atoms. The number of fused-ring (bicyclic) bond motifs is 7. The number of aliphatic hydroxyl groups is 2. The second kappa shape index (κ2) is 6.87. The Morgan fingerprint density at radius 2 is 1.53 bits per heavy atom. The van der Waals surface area contributed by atoms with Crippen LogP contribution in [0.4, 0.5) is 0 Å². The maximum absolute atomic E-state index is 10.9. The van der Waals surface area contributed by atoms with Crippen LogP contribution < -0.4 is 0 Å². The van der Waals surface area contributed by atoms with Crippen molar-refractivity contribution in [3.05, 3.63) is 11.6 Å². The van der Waals surface area contributed by atoms with Gasteiger partial charge in [0.2, 0.25) is 0 Å². The number of hydrogen-bond acceptors (Lipinski definition) is 2. The Labute approximate surface area is 197 Å². The lowest BCUT2D eigenvalue weighted by Gasteiger charge is -2.71. The topological polar surface area (TPSA) is 40.5 Å². The molecule has 2 heteroatoms. The fraction of sp³-hybridized carbons (Fsp3) is 0.933. The molecule has 0 bridgehead atoms. The van der Waals surface area contributed by atoms with E-state index in [1.54, 1.807) is 5.57 Å². The van der Waals surface area contributed by atoms with Gasteiger partial charge in [-0.25, -0.2) is 0 Å². The van der Waals surface area contributed by atoms with Crippen LogP contribution in [0.25, 0.3) is 0 Å². The van der Waals surface area contributed by atoms with Gasteiger partial charge in [-0.1, -0.05) is 60.1 Å². The molecule has 0 heterocycles. The minimum atomic E-state index is -0.153. The molecule has 4 saturated carbocycles. The van der Waals surface area contributed by atoms with Gasteiger partial charge < -0.3 is 10.2 Å². The van der Waals surface area contributed by atoms with Gasteiger partial charge in [-0.3, -0.25) is 0 Å². The number of hydrogen-bond donors (Lipinski definition) is 2. The molecule has 5 rings (SSSR count). The lowest BCUT2D eigenvalue weighted by atomic mass is 9.33. The summed E-state index contributed by atoms with van der Waals surface area (Å²) in [6.07, 6.45) is 14.6. The van der Waals surface area contributed by atoms with E-state index in [1.165, 1.54) is 57.8 Å². The van der Waals surface area contributed by atoms with Gasteiger partial charge in [0.25, 0.3) is 0 Å². The van der Waals surface area contributed by atoms with Crippen molar-refractivity contribution < 1.29 is 10.2 Å². The average molecular weight is 443 g/mol. The van der Waals surface area contributed by atoms with Crippen LogP contribution in [0, 0.1) is 50.2 Å². The summed E-state index contributed by atoms with van der Waals surface area (Å²) in [5.41, 5.74) is 3.16. The van der Waals surface area contributed by atoms with E-state index in [1.807, 2.05) is 0 Å². The van der Waals surface area contributed by atoms with Crippen molar-refractivity contribution in [1.29, 1.82) is 0 Å². The fourth-order valence-electron chi connectivity index (χ4n) is 10.6. The molecule has 2 N–H and O–H groups in total. The van der Waals surface area contributed by atoms with Crippen molar-refractivity contribution in [1.82, 2.24) is 0 Å². The molecule has 182 valence electrons. The highest BCUT2D eigenvalue weighted by atomic mass is 16.3. The van der Waals surface area contributed by atoms with E-state index in [4.69, 9.17) is 0 Å².